The molecule has 1 unspecified atom stereocenters. The highest BCUT2D eigenvalue weighted by atomic mass is 32.2. The molecule has 0 radical (unpaired) electrons. The van der Waals surface area contributed by atoms with E-state index in [1.165, 1.54) is 25.1 Å². The molecule has 11 heteroatoms. The highest BCUT2D eigenvalue weighted by Gasteiger charge is 2.20. The summed E-state index contributed by atoms with van der Waals surface area (Å²) in [6, 6.07) is 9.01. The number of hydrogen-bond donors (Lipinski definition) is 3. The SMILES string of the molecule is CCCS(=O)(=O)Nc1cccc(NC(=O)C(C)NC(=O)c2cccc([N+](=O)[O-])c2)c1C. The van der Waals surface area contributed by atoms with Gasteiger partial charge >= 0.3 is 0 Å². The summed E-state index contributed by atoms with van der Waals surface area (Å²) in [5.74, 6) is -1.19. The first kappa shape index (κ1) is 23.8. The van der Waals surface area contributed by atoms with Gasteiger partial charge in [0.15, 0.2) is 0 Å². The smallest absolute Gasteiger partial charge is 0.270 e. The lowest BCUT2D eigenvalue weighted by molar-refractivity contribution is -0.384. The van der Waals surface area contributed by atoms with E-state index in [4.69, 9.17) is 0 Å². The average Bonchev–Trinajstić information content (AvgIpc) is 2.70. The number of hydrogen-bond acceptors (Lipinski definition) is 6. The van der Waals surface area contributed by atoms with Crippen molar-refractivity contribution in [2.24, 2.45) is 0 Å². The molecule has 2 aromatic rings. The van der Waals surface area contributed by atoms with Crippen molar-refractivity contribution in [3.8, 4) is 0 Å². The van der Waals surface area contributed by atoms with Crippen LogP contribution in [0.4, 0.5) is 17.1 Å². The van der Waals surface area contributed by atoms with Crippen LogP contribution >= 0.6 is 0 Å². The fraction of sp³-hybridized carbons (Fsp3) is 0.300. The third-order valence-corrected chi connectivity index (χ3v) is 5.87. The monoisotopic (exact) mass is 448 g/mol. The number of rotatable bonds is 9. The van der Waals surface area contributed by atoms with Gasteiger partial charge in [-0.3, -0.25) is 24.4 Å². The highest BCUT2D eigenvalue weighted by molar-refractivity contribution is 7.92. The summed E-state index contributed by atoms with van der Waals surface area (Å²) in [5, 5.41) is 16.0. The molecule has 0 aliphatic rings. The van der Waals surface area contributed by atoms with Crippen LogP contribution in [0.5, 0.6) is 0 Å². The minimum atomic E-state index is -3.49. The third kappa shape index (κ3) is 6.51. The Hall–Kier alpha value is -3.47. The minimum absolute atomic E-state index is 0.0241. The lowest BCUT2D eigenvalue weighted by Gasteiger charge is -2.17. The van der Waals surface area contributed by atoms with Gasteiger partial charge in [-0.1, -0.05) is 19.1 Å². The Bertz CT molecular complexity index is 1100. The first-order valence-corrected chi connectivity index (χ1v) is 11.2. The Kier molecular flexibility index (Phi) is 7.70. The van der Waals surface area contributed by atoms with Gasteiger partial charge in [0, 0.05) is 23.4 Å². The number of non-ortho nitro benzene ring substituents is 1. The van der Waals surface area contributed by atoms with E-state index in [9.17, 15) is 28.1 Å². The number of nitrogens with zero attached hydrogens (tertiary/aromatic N) is 1. The van der Waals surface area contributed by atoms with Gasteiger partial charge in [-0.05, 0) is 44.0 Å². The highest BCUT2D eigenvalue weighted by Crippen LogP contribution is 2.24. The van der Waals surface area contributed by atoms with Crippen LogP contribution in [0, 0.1) is 17.0 Å². The molecule has 0 spiro atoms. The Morgan fingerprint density at radius 3 is 2.42 bits per heavy atom. The van der Waals surface area contributed by atoms with E-state index in [0.717, 1.165) is 6.07 Å². The number of nitrogens with one attached hydrogen (secondary N) is 3. The summed E-state index contributed by atoms with van der Waals surface area (Å²) in [6.07, 6.45) is 0.465. The number of nitro benzene ring substituents is 1. The molecule has 0 bridgehead atoms. The van der Waals surface area contributed by atoms with Crippen LogP contribution in [0.15, 0.2) is 42.5 Å². The van der Waals surface area contributed by atoms with Crippen molar-refractivity contribution in [2.75, 3.05) is 15.8 Å². The Labute approximate surface area is 180 Å². The molecule has 0 aliphatic heterocycles. The summed E-state index contributed by atoms with van der Waals surface area (Å²) in [6.45, 7) is 4.88. The summed E-state index contributed by atoms with van der Waals surface area (Å²) < 4.78 is 26.6. The maximum atomic E-state index is 12.5. The molecule has 0 saturated heterocycles. The fourth-order valence-corrected chi connectivity index (χ4v) is 3.91. The van der Waals surface area contributed by atoms with Gasteiger partial charge in [-0.2, -0.15) is 0 Å². The Morgan fingerprint density at radius 1 is 1.13 bits per heavy atom. The van der Waals surface area contributed by atoms with Crippen molar-refractivity contribution in [1.29, 1.82) is 0 Å². The first-order chi connectivity index (χ1) is 14.5. The first-order valence-electron chi connectivity index (χ1n) is 9.50. The molecule has 0 aromatic heterocycles. The zero-order chi connectivity index (χ0) is 23.2. The van der Waals surface area contributed by atoms with Crippen LogP contribution < -0.4 is 15.4 Å². The van der Waals surface area contributed by atoms with Gasteiger partial charge in [-0.15, -0.1) is 0 Å². The van der Waals surface area contributed by atoms with Crippen molar-refractivity contribution >= 4 is 38.9 Å². The fourth-order valence-electron chi connectivity index (χ4n) is 2.72. The minimum Gasteiger partial charge on any atom is -0.341 e. The van der Waals surface area contributed by atoms with Gasteiger partial charge in [0.25, 0.3) is 11.6 Å². The van der Waals surface area contributed by atoms with Gasteiger partial charge in [0.2, 0.25) is 15.9 Å². The summed E-state index contributed by atoms with van der Waals surface area (Å²) in [7, 11) is -3.49. The van der Waals surface area contributed by atoms with Crippen molar-refractivity contribution in [1.82, 2.24) is 5.32 Å². The molecule has 0 aliphatic carbocycles. The molecule has 2 aromatic carbocycles. The van der Waals surface area contributed by atoms with Gasteiger partial charge in [0.05, 0.1) is 16.4 Å². The summed E-state index contributed by atoms with van der Waals surface area (Å²) in [4.78, 5) is 35.1. The third-order valence-electron chi connectivity index (χ3n) is 4.39. The van der Waals surface area contributed by atoms with Crippen LogP contribution in [-0.4, -0.2) is 37.0 Å². The molecule has 31 heavy (non-hydrogen) atoms. The normalized spacial score (nSPS) is 12.0. The molecule has 10 nitrogen and oxygen atoms in total. The predicted molar refractivity (Wildman–Crippen MR) is 118 cm³/mol. The van der Waals surface area contributed by atoms with Crippen molar-refractivity contribution in [2.45, 2.75) is 33.2 Å². The van der Waals surface area contributed by atoms with Crippen molar-refractivity contribution < 1.29 is 22.9 Å². The number of benzene rings is 2. The number of amides is 2. The van der Waals surface area contributed by atoms with E-state index in [2.05, 4.69) is 15.4 Å². The van der Waals surface area contributed by atoms with E-state index in [-0.39, 0.29) is 17.0 Å². The second-order valence-corrected chi connectivity index (χ2v) is 8.73. The quantitative estimate of drug-likeness (QED) is 0.397. The largest absolute Gasteiger partial charge is 0.341 e. The number of nitro groups is 1. The van der Waals surface area contributed by atoms with Crippen LogP contribution in [-0.2, 0) is 14.8 Å². The van der Waals surface area contributed by atoms with E-state index < -0.39 is 32.8 Å². The van der Waals surface area contributed by atoms with Crippen molar-refractivity contribution in [3.05, 3.63) is 63.7 Å². The van der Waals surface area contributed by atoms with Crippen LogP contribution in [0.2, 0.25) is 0 Å². The molecule has 2 rings (SSSR count). The van der Waals surface area contributed by atoms with E-state index >= 15 is 0 Å². The van der Waals surface area contributed by atoms with Crippen LogP contribution in [0.25, 0.3) is 0 Å². The molecule has 0 heterocycles. The number of carbonyl (C=O) groups is 2. The maximum absolute atomic E-state index is 12.5. The molecule has 166 valence electrons. The van der Waals surface area contributed by atoms with Gasteiger partial charge < -0.3 is 10.6 Å². The predicted octanol–water partition coefficient (Wildman–Crippen LogP) is 2.81. The number of sulfonamides is 1. The number of anilines is 2. The molecule has 3 N–H and O–H groups in total. The van der Waals surface area contributed by atoms with Crippen LogP contribution in [0.1, 0.15) is 36.2 Å². The second kappa shape index (κ2) is 10.0. The molecule has 1 atom stereocenters. The summed E-state index contributed by atoms with van der Waals surface area (Å²) in [5.41, 5.74) is 1.07. The van der Waals surface area contributed by atoms with Gasteiger partial charge in [0.1, 0.15) is 6.04 Å². The average molecular weight is 449 g/mol. The molecule has 2 amide bonds. The zero-order valence-corrected chi connectivity index (χ0v) is 18.2. The van der Waals surface area contributed by atoms with Crippen molar-refractivity contribution in [3.63, 3.8) is 0 Å². The molecular formula is C20H24N4O6S. The lowest BCUT2D eigenvalue weighted by Crippen LogP contribution is -2.41. The number of carbonyl (C=O) groups excluding carboxylic acids is 2. The van der Waals surface area contributed by atoms with Crippen LogP contribution in [0.3, 0.4) is 0 Å². The summed E-state index contributed by atoms with van der Waals surface area (Å²) >= 11 is 0. The van der Waals surface area contributed by atoms with Gasteiger partial charge in [-0.25, -0.2) is 8.42 Å². The second-order valence-electron chi connectivity index (χ2n) is 6.89. The van der Waals surface area contributed by atoms with E-state index in [0.29, 0.717) is 23.4 Å². The lowest BCUT2D eigenvalue weighted by atomic mass is 10.1. The van der Waals surface area contributed by atoms with E-state index in [1.807, 2.05) is 0 Å². The topological polar surface area (TPSA) is 148 Å². The molecule has 0 saturated carbocycles. The Balaban J connectivity index is 2.09. The zero-order valence-electron chi connectivity index (χ0n) is 17.3. The maximum Gasteiger partial charge on any atom is 0.270 e. The Morgan fingerprint density at radius 2 is 1.77 bits per heavy atom. The molecule has 0 fully saturated rings. The van der Waals surface area contributed by atoms with E-state index in [1.54, 1.807) is 32.0 Å². The molecular weight excluding hydrogens is 424 g/mol. The standard InChI is InChI=1S/C20H24N4O6S/c1-4-11-31(29,30)23-18-10-6-9-17(13(18)2)22-19(25)14(3)21-20(26)15-7-5-8-16(12-15)24(27)28/h5-10,12,14,23H,4,11H2,1-3H3,(H,21,26)(H,22,25).